The molecule has 1 N–H and O–H groups in total. The lowest BCUT2D eigenvalue weighted by atomic mass is 10.2. The van der Waals surface area contributed by atoms with Gasteiger partial charge in [0.15, 0.2) is 17.6 Å². The Morgan fingerprint density at radius 3 is 2.69 bits per heavy atom. The van der Waals surface area contributed by atoms with Crippen LogP contribution in [0.3, 0.4) is 0 Å². The fourth-order valence-corrected chi connectivity index (χ4v) is 3.07. The van der Waals surface area contributed by atoms with E-state index < -0.39 is 6.10 Å². The van der Waals surface area contributed by atoms with Crippen molar-refractivity contribution in [1.29, 1.82) is 0 Å². The van der Waals surface area contributed by atoms with Gasteiger partial charge in [-0.15, -0.1) is 15.3 Å². The molecule has 0 aliphatic heterocycles. The number of aromatic nitrogens is 4. The lowest BCUT2D eigenvalue weighted by Crippen LogP contribution is -2.38. The second-order valence-electron chi connectivity index (χ2n) is 6.80. The normalized spacial score (nSPS) is 11.8. The Hall–Kier alpha value is -3.72. The number of rotatable bonds is 8. The van der Waals surface area contributed by atoms with Gasteiger partial charge in [0.1, 0.15) is 18.2 Å². The second kappa shape index (κ2) is 9.61. The number of fused-ring (bicyclic) bond motifs is 1. The molecule has 2 aromatic heterocycles. The molecule has 1 amide bonds. The van der Waals surface area contributed by atoms with Crippen LogP contribution in [-0.4, -0.2) is 45.0 Å². The first-order valence-corrected chi connectivity index (χ1v) is 10.2. The van der Waals surface area contributed by atoms with Crippen LogP contribution in [0.4, 0.5) is 4.39 Å². The molecular formula is C22H19ClFN5O3. The smallest absolute Gasteiger partial charge is 0.260 e. The first kappa shape index (κ1) is 21.5. The van der Waals surface area contributed by atoms with Crippen molar-refractivity contribution >= 4 is 23.2 Å². The fourth-order valence-electron chi connectivity index (χ4n) is 2.89. The average Bonchev–Trinajstić information content (AvgIpc) is 3.22. The van der Waals surface area contributed by atoms with Gasteiger partial charge in [0.2, 0.25) is 5.88 Å². The molecule has 0 aliphatic carbocycles. The molecular weight excluding hydrogens is 437 g/mol. The summed E-state index contributed by atoms with van der Waals surface area (Å²) in [5, 5.41) is 15.7. The van der Waals surface area contributed by atoms with Gasteiger partial charge in [0.25, 0.3) is 5.91 Å². The molecule has 1 unspecified atom stereocenters. The summed E-state index contributed by atoms with van der Waals surface area (Å²) in [7, 11) is 0. The summed E-state index contributed by atoms with van der Waals surface area (Å²) in [6, 6.07) is 16.2. The maximum absolute atomic E-state index is 13.2. The van der Waals surface area contributed by atoms with Crippen molar-refractivity contribution in [2.75, 3.05) is 13.2 Å². The van der Waals surface area contributed by atoms with Gasteiger partial charge < -0.3 is 14.8 Å². The van der Waals surface area contributed by atoms with E-state index in [0.29, 0.717) is 33.7 Å². The SMILES string of the molecule is CC(Oc1ccccc1Cl)C(=O)NCCOc1ccc2nnc(-c3ccc(F)cc3)n2n1. The predicted molar refractivity (Wildman–Crippen MR) is 116 cm³/mol. The summed E-state index contributed by atoms with van der Waals surface area (Å²) in [6.45, 7) is 2.08. The highest BCUT2D eigenvalue weighted by Gasteiger charge is 2.16. The zero-order valence-electron chi connectivity index (χ0n) is 17.0. The maximum atomic E-state index is 13.2. The molecule has 10 heteroatoms. The highest BCUT2D eigenvalue weighted by Crippen LogP contribution is 2.24. The number of para-hydroxylation sites is 1. The van der Waals surface area contributed by atoms with Crippen LogP contribution in [0.5, 0.6) is 11.6 Å². The zero-order valence-corrected chi connectivity index (χ0v) is 17.8. The van der Waals surface area contributed by atoms with Gasteiger partial charge in [-0.1, -0.05) is 23.7 Å². The third-order valence-corrected chi connectivity index (χ3v) is 4.81. The van der Waals surface area contributed by atoms with Crippen LogP contribution in [0, 0.1) is 5.82 Å². The van der Waals surface area contributed by atoms with E-state index in [4.69, 9.17) is 21.1 Å². The minimum Gasteiger partial charge on any atom is -0.479 e. The quantitative estimate of drug-likeness (QED) is 0.409. The number of hydrogen-bond acceptors (Lipinski definition) is 6. The number of benzene rings is 2. The molecule has 2 aromatic carbocycles. The van der Waals surface area contributed by atoms with Crippen molar-refractivity contribution in [3.8, 4) is 23.0 Å². The molecule has 0 fully saturated rings. The topological polar surface area (TPSA) is 90.6 Å². The first-order chi connectivity index (χ1) is 15.5. The number of halogens is 2. The highest BCUT2D eigenvalue weighted by molar-refractivity contribution is 6.32. The van der Waals surface area contributed by atoms with Gasteiger partial charge in [-0.05, 0) is 49.4 Å². The van der Waals surface area contributed by atoms with Crippen molar-refractivity contribution in [3.63, 3.8) is 0 Å². The van der Waals surface area contributed by atoms with Gasteiger partial charge in [-0.25, -0.2) is 4.39 Å². The van der Waals surface area contributed by atoms with Gasteiger partial charge in [0, 0.05) is 11.6 Å². The summed E-state index contributed by atoms with van der Waals surface area (Å²) in [5.74, 6) is 0.596. The molecule has 8 nitrogen and oxygen atoms in total. The van der Waals surface area contributed by atoms with E-state index in [1.54, 1.807) is 55.5 Å². The van der Waals surface area contributed by atoms with Crippen molar-refractivity contribution in [2.45, 2.75) is 13.0 Å². The monoisotopic (exact) mass is 455 g/mol. The molecule has 4 aromatic rings. The van der Waals surface area contributed by atoms with Crippen LogP contribution >= 0.6 is 11.6 Å². The number of nitrogens with zero attached hydrogens (tertiary/aromatic N) is 4. The Balaban J connectivity index is 1.32. The lowest BCUT2D eigenvalue weighted by Gasteiger charge is -2.15. The van der Waals surface area contributed by atoms with Crippen LogP contribution in [0.25, 0.3) is 17.0 Å². The number of hydrogen-bond donors (Lipinski definition) is 1. The molecule has 4 rings (SSSR count). The van der Waals surface area contributed by atoms with E-state index >= 15 is 0 Å². The zero-order chi connectivity index (χ0) is 22.5. The Labute approximate surface area is 187 Å². The van der Waals surface area contributed by atoms with E-state index in [9.17, 15) is 9.18 Å². The average molecular weight is 456 g/mol. The molecule has 164 valence electrons. The van der Waals surface area contributed by atoms with Crippen molar-refractivity contribution in [2.24, 2.45) is 0 Å². The summed E-state index contributed by atoms with van der Waals surface area (Å²) in [6.07, 6.45) is -0.723. The van der Waals surface area contributed by atoms with Crippen LogP contribution in [0.15, 0.2) is 60.7 Å². The van der Waals surface area contributed by atoms with Crippen LogP contribution in [-0.2, 0) is 4.79 Å². The summed E-state index contributed by atoms with van der Waals surface area (Å²) in [5.41, 5.74) is 1.19. The number of carbonyl (C=O) groups is 1. The van der Waals surface area contributed by atoms with E-state index in [2.05, 4.69) is 20.6 Å². The minimum absolute atomic E-state index is 0.192. The Morgan fingerprint density at radius 2 is 1.91 bits per heavy atom. The van der Waals surface area contributed by atoms with Crippen LogP contribution in [0.1, 0.15) is 6.92 Å². The fraction of sp³-hybridized carbons (Fsp3) is 0.182. The van der Waals surface area contributed by atoms with Gasteiger partial charge >= 0.3 is 0 Å². The largest absolute Gasteiger partial charge is 0.479 e. The molecule has 0 saturated carbocycles. The molecule has 2 heterocycles. The van der Waals surface area contributed by atoms with Crippen LogP contribution < -0.4 is 14.8 Å². The van der Waals surface area contributed by atoms with Crippen molar-refractivity contribution < 1.29 is 18.7 Å². The third kappa shape index (κ3) is 4.94. The maximum Gasteiger partial charge on any atom is 0.260 e. The van der Waals surface area contributed by atoms with Gasteiger partial charge in [-0.2, -0.15) is 4.52 Å². The summed E-state index contributed by atoms with van der Waals surface area (Å²) < 4.78 is 25.9. The minimum atomic E-state index is -0.723. The lowest BCUT2D eigenvalue weighted by molar-refractivity contribution is -0.127. The van der Waals surface area contributed by atoms with Crippen molar-refractivity contribution in [1.82, 2.24) is 25.1 Å². The van der Waals surface area contributed by atoms with Gasteiger partial charge in [-0.3, -0.25) is 4.79 Å². The molecule has 0 aliphatic rings. The van der Waals surface area contributed by atoms with E-state index in [0.717, 1.165) is 0 Å². The van der Waals surface area contributed by atoms with E-state index in [-0.39, 0.29) is 24.9 Å². The molecule has 0 saturated heterocycles. The number of carbonyl (C=O) groups excluding carboxylic acids is 1. The third-order valence-electron chi connectivity index (χ3n) is 4.50. The number of nitrogens with one attached hydrogen (secondary N) is 1. The first-order valence-electron chi connectivity index (χ1n) is 9.81. The van der Waals surface area contributed by atoms with E-state index in [1.165, 1.54) is 16.6 Å². The van der Waals surface area contributed by atoms with Crippen molar-refractivity contribution in [3.05, 3.63) is 71.5 Å². The molecule has 0 bridgehead atoms. The number of amides is 1. The molecule has 0 spiro atoms. The summed E-state index contributed by atoms with van der Waals surface area (Å²) in [4.78, 5) is 12.2. The number of ether oxygens (including phenoxy) is 2. The highest BCUT2D eigenvalue weighted by atomic mass is 35.5. The van der Waals surface area contributed by atoms with Gasteiger partial charge in [0.05, 0.1) is 11.6 Å². The Bertz CT molecular complexity index is 1230. The van der Waals surface area contributed by atoms with Crippen LogP contribution in [0.2, 0.25) is 5.02 Å². The second-order valence-corrected chi connectivity index (χ2v) is 7.21. The molecule has 32 heavy (non-hydrogen) atoms. The van der Waals surface area contributed by atoms with E-state index in [1.807, 2.05) is 0 Å². The summed E-state index contributed by atoms with van der Waals surface area (Å²) >= 11 is 6.05. The standard InChI is InChI=1S/C22H19ClFN5O3/c1-14(32-18-5-3-2-4-17(18)23)22(30)25-12-13-31-20-11-10-19-26-27-21(29(19)28-20)15-6-8-16(24)9-7-15/h2-11,14H,12-13H2,1H3,(H,25,30). The molecule has 0 radical (unpaired) electrons. The Kier molecular flexibility index (Phi) is 6.46. The predicted octanol–water partition coefficient (Wildman–Crippen LogP) is 3.55. The molecule has 1 atom stereocenters. The Morgan fingerprint density at radius 1 is 1.12 bits per heavy atom.